The zero-order valence-electron chi connectivity index (χ0n) is 12.4. The summed E-state index contributed by atoms with van der Waals surface area (Å²) in [4.78, 5) is 18.1. The van der Waals surface area contributed by atoms with Crippen LogP contribution in [0.25, 0.3) is 0 Å². The van der Waals surface area contributed by atoms with Crippen molar-refractivity contribution in [2.45, 2.75) is 37.8 Å². The van der Waals surface area contributed by atoms with Gasteiger partial charge < -0.3 is 16.0 Å². The van der Waals surface area contributed by atoms with Gasteiger partial charge in [-0.3, -0.25) is 9.69 Å². The van der Waals surface area contributed by atoms with Gasteiger partial charge in [-0.2, -0.15) is 0 Å². The summed E-state index contributed by atoms with van der Waals surface area (Å²) in [5.41, 5.74) is 10.8. The van der Waals surface area contributed by atoms with Gasteiger partial charge in [0, 0.05) is 19.4 Å². The monoisotopic (exact) mass is 279 g/mol. The summed E-state index contributed by atoms with van der Waals surface area (Å²) in [5.74, 6) is 0.878. The number of nitrogens with two attached hydrogens (primary N) is 2. The molecule has 0 saturated heterocycles. The fourth-order valence-electron chi connectivity index (χ4n) is 3.07. The maximum atomic E-state index is 11.5. The predicted octanol–water partition coefficient (Wildman–Crippen LogP) is 0.225. The van der Waals surface area contributed by atoms with E-state index in [2.05, 4.69) is 16.9 Å². The van der Waals surface area contributed by atoms with Crippen LogP contribution in [0.1, 0.15) is 31.5 Å². The first kappa shape index (κ1) is 15.0. The van der Waals surface area contributed by atoms with E-state index in [1.54, 1.807) is 6.20 Å². The molecule has 2 atom stereocenters. The zero-order chi connectivity index (χ0) is 14.8. The smallest absolute Gasteiger partial charge is 0.237 e. The number of amides is 1. The number of imidazole rings is 1. The standard InChI is InChI=1S/C14H25N5O/c1-18(10-12-17-7-9-19(12)2)8-5-11-4-3-6-14(11,16)13(15)20/h7,9,11H,3-6,8,10,16H2,1-2H3,(H2,15,20). The first-order valence-electron chi connectivity index (χ1n) is 7.17. The Morgan fingerprint density at radius 2 is 2.40 bits per heavy atom. The van der Waals surface area contributed by atoms with Gasteiger partial charge in [-0.05, 0) is 38.8 Å². The SMILES string of the molecule is CN(CCC1CCCC1(N)C(N)=O)Cc1nccn1C. The van der Waals surface area contributed by atoms with Gasteiger partial charge >= 0.3 is 0 Å². The highest BCUT2D eigenvalue weighted by atomic mass is 16.1. The minimum Gasteiger partial charge on any atom is -0.368 e. The van der Waals surface area contributed by atoms with E-state index >= 15 is 0 Å². The van der Waals surface area contributed by atoms with Crippen LogP contribution < -0.4 is 11.5 Å². The number of carbonyl (C=O) groups excluding carboxylic acids is 1. The highest BCUT2D eigenvalue weighted by molar-refractivity contribution is 5.85. The summed E-state index contributed by atoms with van der Waals surface area (Å²) < 4.78 is 2.02. The van der Waals surface area contributed by atoms with Crippen molar-refractivity contribution in [1.82, 2.24) is 14.5 Å². The molecule has 20 heavy (non-hydrogen) atoms. The lowest BCUT2D eigenvalue weighted by Crippen LogP contribution is -2.55. The van der Waals surface area contributed by atoms with Gasteiger partial charge in [0.05, 0.1) is 12.1 Å². The first-order chi connectivity index (χ1) is 9.43. The van der Waals surface area contributed by atoms with Crippen molar-refractivity contribution in [3.05, 3.63) is 18.2 Å². The number of rotatable bonds is 6. The van der Waals surface area contributed by atoms with E-state index in [-0.39, 0.29) is 11.8 Å². The second-order valence-electron chi connectivity index (χ2n) is 5.97. The van der Waals surface area contributed by atoms with Gasteiger partial charge in [0.1, 0.15) is 5.82 Å². The first-order valence-corrected chi connectivity index (χ1v) is 7.17. The van der Waals surface area contributed by atoms with Gasteiger partial charge in [-0.15, -0.1) is 0 Å². The lowest BCUT2D eigenvalue weighted by molar-refractivity contribution is -0.124. The Morgan fingerprint density at radius 3 is 3.00 bits per heavy atom. The number of aryl methyl sites for hydroxylation is 1. The van der Waals surface area contributed by atoms with Crippen molar-refractivity contribution in [2.24, 2.45) is 24.4 Å². The van der Waals surface area contributed by atoms with E-state index in [9.17, 15) is 4.79 Å². The van der Waals surface area contributed by atoms with Crippen molar-refractivity contribution < 1.29 is 4.79 Å². The molecular formula is C14H25N5O. The largest absolute Gasteiger partial charge is 0.368 e. The molecule has 1 aliphatic rings. The lowest BCUT2D eigenvalue weighted by Gasteiger charge is -2.29. The average molecular weight is 279 g/mol. The molecule has 1 aromatic rings. The van der Waals surface area contributed by atoms with Gasteiger partial charge in [0.15, 0.2) is 0 Å². The Hall–Kier alpha value is -1.40. The van der Waals surface area contributed by atoms with Crippen molar-refractivity contribution in [2.75, 3.05) is 13.6 Å². The van der Waals surface area contributed by atoms with Crippen LogP contribution in [-0.4, -0.2) is 39.5 Å². The van der Waals surface area contributed by atoms with E-state index in [1.807, 2.05) is 17.8 Å². The van der Waals surface area contributed by atoms with E-state index in [0.29, 0.717) is 0 Å². The van der Waals surface area contributed by atoms with Crippen LogP contribution in [-0.2, 0) is 18.4 Å². The summed E-state index contributed by atoms with van der Waals surface area (Å²) in [7, 11) is 4.05. The Labute approximate surface area is 120 Å². The molecule has 1 aliphatic carbocycles. The molecule has 0 spiro atoms. The fourth-order valence-corrected chi connectivity index (χ4v) is 3.07. The Morgan fingerprint density at radius 1 is 1.65 bits per heavy atom. The molecule has 6 nitrogen and oxygen atoms in total. The number of primary amides is 1. The highest BCUT2D eigenvalue weighted by Crippen LogP contribution is 2.35. The number of nitrogens with zero attached hydrogens (tertiary/aromatic N) is 3. The summed E-state index contributed by atoms with van der Waals surface area (Å²) >= 11 is 0. The highest BCUT2D eigenvalue weighted by Gasteiger charge is 2.43. The molecule has 0 aliphatic heterocycles. The summed E-state index contributed by atoms with van der Waals surface area (Å²) in [5, 5.41) is 0. The Balaban J connectivity index is 1.86. The number of hydrogen-bond donors (Lipinski definition) is 2. The number of hydrogen-bond acceptors (Lipinski definition) is 4. The van der Waals surface area contributed by atoms with Crippen LogP contribution in [0, 0.1) is 5.92 Å². The normalized spacial score (nSPS) is 26.3. The van der Waals surface area contributed by atoms with Gasteiger partial charge in [-0.1, -0.05) is 6.42 Å². The molecule has 1 aromatic heterocycles. The summed E-state index contributed by atoms with van der Waals surface area (Å²) in [6.45, 7) is 1.69. The summed E-state index contributed by atoms with van der Waals surface area (Å²) in [6.07, 6.45) is 7.36. The van der Waals surface area contributed by atoms with Crippen LogP contribution in [0.3, 0.4) is 0 Å². The maximum Gasteiger partial charge on any atom is 0.237 e. The van der Waals surface area contributed by atoms with Crippen LogP contribution >= 0.6 is 0 Å². The third-order valence-corrected chi connectivity index (χ3v) is 4.52. The third kappa shape index (κ3) is 3.02. The molecular weight excluding hydrogens is 254 g/mol. The van der Waals surface area contributed by atoms with Crippen LogP contribution in [0.2, 0.25) is 0 Å². The van der Waals surface area contributed by atoms with Crippen molar-refractivity contribution in [3.8, 4) is 0 Å². The Bertz CT molecular complexity index is 472. The molecule has 6 heteroatoms. The second-order valence-corrected chi connectivity index (χ2v) is 5.97. The molecule has 1 fully saturated rings. The molecule has 2 rings (SSSR count). The van der Waals surface area contributed by atoms with Crippen LogP contribution in [0.5, 0.6) is 0 Å². The van der Waals surface area contributed by atoms with Crippen molar-refractivity contribution >= 4 is 5.91 Å². The van der Waals surface area contributed by atoms with Gasteiger partial charge in [0.25, 0.3) is 0 Å². The van der Waals surface area contributed by atoms with Crippen molar-refractivity contribution in [1.29, 1.82) is 0 Å². The number of carbonyl (C=O) groups is 1. The second kappa shape index (κ2) is 5.93. The molecule has 1 heterocycles. The van der Waals surface area contributed by atoms with Gasteiger partial charge in [0.2, 0.25) is 5.91 Å². The molecule has 0 bridgehead atoms. The van der Waals surface area contributed by atoms with Crippen LogP contribution in [0.15, 0.2) is 12.4 Å². The molecule has 1 amide bonds. The van der Waals surface area contributed by atoms with E-state index in [1.165, 1.54) is 0 Å². The van der Waals surface area contributed by atoms with E-state index < -0.39 is 5.54 Å². The van der Waals surface area contributed by atoms with Crippen LogP contribution in [0.4, 0.5) is 0 Å². The minimum absolute atomic E-state index is 0.198. The minimum atomic E-state index is -0.802. The predicted molar refractivity (Wildman–Crippen MR) is 77.6 cm³/mol. The van der Waals surface area contributed by atoms with Crippen molar-refractivity contribution in [3.63, 3.8) is 0 Å². The summed E-state index contributed by atoms with van der Waals surface area (Å²) in [6, 6.07) is 0. The molecule has 4 N–H and O–H groups in total. The molecule has 0 aromatic carbocycles. The van der Waals surface area contributed by atoms with E-state index in [4.69, 9.17) is 11.5 Å². The topological polar surface area (TPSA) is 90.2 Å². The van der Waals surface area contributed by atoms with E-state index in [0.717, 1.165) is 44.6 Å². The molecule has 2 unspecified atom stereocenters. The zero-order valence-corrected chi connectivity index (χ0v) is 12.4. The average Bonchev–Trinajstić information content (AvgIpc) is 2.95. The Kier molecular flexibility index (Phi) is 4.45. The maximum absolute atomic E-state index is 11.5. The fraction of sp³-hybridized carbons (Fsp3) is 0.714. The lowest BCUT2D eigenvalue weighted by atomic mass is 9.85. The molecule has 112 valence electrons. The number of aromatic nitrogens is 2. The third-order valence-electron chi connectivity index (χ3n) is 4.52. The molecule has 0 radical (unpaired) electrons. The quantitative estimate of drug-likeness (QED) is 0.779. The van der Waals surface area contributed by atoms with Gasteiger partial charge in [-0.25, -0.2) is 4.98 Å². The molecule has 1 saturated carbocycles.